The third kappa shape index (κ3) is 3.93. The highest BCUT2D eigenvalue weighted by Crippen LogP contribution is 2.24. The first-order chi connectivity index (χ1) is 14.1. The van der Waals surface area contributed by atoms with E-state index in [9.17, 15) is 9.90 Å². The molecule has 0 fully saturated rings. The van der Waals surface area contributed by atoms with Crippen molar-refractivity contribution >= 4 is 27.3 Å². The maximum absolute atomic E-state index is 13.2. The molecule has 1 unspecified atom stereocenters. The van der Waals surface area contributed by atoms with Gasteiger partial charge in [-0.05, 0) is 31.2 Å². The Morgan fingerprint density at radius 1 is 1.38 bits per heavy atom. The molecule has 1 aromatic carbocycles. The van der Waals surface area contributed by atoms with Crippen LogP contribution in [-0.4, -0.2) is 39.0 Å². The topological polar surface area (TPSA) is 106 Å². The van der Waals surface area contributed by atoms with E-state index in [1.54, 1.807) is 19.3 Å². The second kappa shape index (κ2) is 8.16. The van der Waals surface area contributed by atoms with Crippen molar-refractivity contribution < 1.29 is 14.3 Å². The summed E-state index contributed by atoms with van der Waals surface area (Å²) in [5.74, 6) is 0.699. The highest BCUT2D eigenvalue weighted by atomic mass is 32.1. The number of benzene rings is 1. The number of furan rings is 1. The molecule has 1 atom stereocenters. The highest BCUT2D eigenvalue weighted by molar-refractivity contribution is 7.20. The Bertz CT molecular complexity index is 1170. The molecule has 3 heterocycles. The Hall–Kier alpha value is -3.01. The van der Waals surface area contributed by atoms with Crippen LogP contribution in [0.1, 0.15) is 23.9 Å². The van der Waals surface area contributed by atoms with Gasteiger partial charge in [0.15, 0.2) is 6.29 Å². The Kier molecular flexibility index (Phi) is 5.43. The van der Waals surface area contributed by atoms with Crippen LogP contribution in [-0.2, 0) is 17.7 Å². The smallest absolute Gasteiger partial charge is 0.282 e. The van der Waals surface area contributed by atoms with Crippen LogP contribution in [0.25, 0.3) is 15.3 Å². The van der Waals surface area contributed by atoms with Gasteiger partial charge in [-0.1, -0.05) is 23.5 Å². The minimum atomic E-state index is -1.05. The van der Waals surface area contributed by atoms with Gasteiger partial charge in [-0.2, -0.15) is 4.68 Å². The first-order valence-electron chi connectivity index (χ1n) is 9.01. The van der Waals surface area contributed by atoms with Gasteiger partial charge in [0.25, 0.3) is 5.56 Å². The number of aliphatic hydroxyl groups excluding tert-OH is 1. The molecule has 0 amide bonds. The van der Waals surface area contributed by atoms with Crippen LogP contribution in [0.15, 0.2) is 56.9 Å². The summed E-state index contributed by atoms with van der Waals surface area (Å²) in [6.45, 7) is 2.08. The Balaban J connectivity index is 1.78. The SMILES string of the molecule is COC(O)Cc1[nH]n(-c2nc3ccccc3s2)c(=O)c1C(C)=NCc1ccco1. The van der Waals surface area contributed by atoms with Gasteiger partial charge in [0.2, 0.25) is 5.13 Å². The van der Waals surface area contributed by atoms with Crippen LogP contribution in [0.3, 0.4) is 0 Å². The lowest BCUT2D eigenvalue weighted by Gasteiger charge is -2.08. The Morgan fingerprint density at radius 3 is 2.93 bits per heavy atom. The molecule has 9 heteroatoms. The molecule has 0 radical (unpaired) electrons. The maximum atomic E-state index is 13.2. The quantitative estimate of drug-likeness (QED) is 0.359. The van der Waals surface area contributed by atoms with Gasteiger partial charge < -0.3 is 14.3 Å². The minimum Gasteiger partial charge on any atom is -0.467 e. The predicted octanol–water partition coefficient (Wildman–Crippen LogP) is 2.88. The summed E-state index contributed by atoms with van der Waals surface area (Å²) in [5, 5.41) is 13.6. The van der Waals surface area contributed by atoms with Gasteiger partial charge in [-0.3, -0.25) is 14.9 Å². The number of hydrogen-bond donors (Lipinski definition) is 2. The number of aromatic amines is 1. The number of nitrogens with one attached hydrogen (secondary N) is 1. The van der Waals surface area contributed by atoms with Crippen molar-refractivity contribution in [1.82, 2.24) is 14.8 Å². The summed E-state index contributed by atoms with van der Waals surface area (Å²) in [5.41, 5.74) is 2.01. The summed E-state index contributed by atoms with van der Waals surface area (Å²) in [6, 6.07) is 11.3. The molecule has 4 rings (SSSR count). The predicted molar refractivity (Wildman–Crippen MR) is 111 cm³/mol. The zero-order valence-corrected chi connectivity index (χ0v) is 16.8. The first-order valence-corrected chi connectivity index (χ1v) is 9.83. The number of thiazole rings is 1. The second-order valence-electron chi connectivity index (χ2n) is 6.45. The lowest BCUT2D eigenvalue weighted by atomic mass is 10.1. The third-order valence-electron chi connectivity index (χ3n) is 4.50. The number of fused-ring (bicyclic) bond motifs is 1. The molecule has 0 aliphatic rings. The molecule has 0 aliphatic heterocycles. The molecule has 0 saturated carbocycles. The minimum absolute atomic E-state index is 0.118. The average molecular weight is 412 g/mol. The van der Waals surface area contributed by atoms with Crippen molar-refractivity contribution in [3.05, 3.63) is 70.0 Å². The number of para-hydroxylation sites is 1. The maximum Gasteiger partial charge on any atom is 0.282 e. The fourth-order valence-corrected chi connectivity index (χ4v) is 3.96. The van der Waals surface area contributed by atoms with Crippen molar-refractivity contribution in [2.24, 2.45) is 4.99 Å². The van der Waals surface area contributed by atoms with E-state index >= 15 is 0 Å². The fourth-order valence-electron chi connectivity index (χ4n) is 3.03. The number of H-pyrrole nitrogens is 1. The largest absolute Gasteiger partial charge is 0.467 e. The zero-order chi connectivity index (χ0) is 20.4. The van der Waals surface area contributed by atoms with E-state index in [2.05, 4.69) is 15.1 Å². The van der Waals surface area contributed by atoms with Crippen molar-refractivity contribution in [1.29, 1.82) is 0 Å². The van der Waals surface area contributed by atoms with Gasteiger partial charge in [0, 0.05) is 19.2 Å². The number of rotatable bonds is 7. The standard InChI is InChI=1S/C20H20N4O4S/c1-12(21-11-13-6-5-9-28-13)18-15(10-17(25)27-2)23-24(19(18)26)20-22-14-7-3-4-8-16(14)29-20/h3-9,17,23,25H,10-11H2,1-2H3. The highest BCUT2D eigenvalue weighted by Gasteiger charge is 2.21. The molecule has 29 heavy (non-hydrogen) atoms. The lowest BCUT2D eigenvalue weighted by Crippen LogP contribution is -2.20. The normalized spacial score (nSPS) is 13.3. The number of aliphatic hydroxyl groups is 1. The molecule has 0 spiro atoms. The van der Waals surface area contributed by atoms with E-state index in [0.29, 0.717) is 34.4 Å². The molecule has 3 aromatic heterocycles. The molecule has 0 saturated heterocycles. The van der Waals surface area contributed by atoms with Gasteiger partial charge in [0.05, 0.1) is 34.3 Å². The van der Waals surface area contributed by atoms with Crippen LogP contribution < -0.4 is 5.56 Å². The number of methoxy groups -OCH3 is 1. The van der Waals surface area contributed by atoms with Crippen molar-refractivity contribution in [3.8, 4) is 5.13 Å². The monoisotopic (exact) mass is 412 g/mol. The zero-order valence-electron chi connectivity index (χ0n) is 16.0. The van der Waals surface area contributed by atoms with E-state index in [4.69, 9.17) is 9.15 Å². The number of aromatic nitrogens is 3. The first kappa shape index (κ1) is 19.3. The Labute approximate surface area is 170 Å². The molecular formula is C20H20N4O4S. The molecule has 0 bridgehead atoms. The van der Waals surface area contributed by atoms with E-state index in [1.165, 1.54) is 23.1 Å². The van der Waals surface area contributed by atoms with Crippen molar-refractivity contribution in [2.75, 3.05) is 7.11 Å². The van der Waals surface area contributed by atoms with Crippen LogP contribution >= 0.6 is 11.3 Å². The van der Waals surface area contributed by atoms with Gasteiger partial charge in [-0.25, -0.2) is 4.98 Å². The molecule has 2 N–H and O–H groups in total. The molecule has 0 aliphatic carbocycles. The lowest BCUT2D eigenvalue weighted by molar-refractivity contribution is -0.0726. The number of ether oxygens (including phenoxy) is 1. The summed E-state index contributed by atoms with van der Waals surface area (Å²) in [7, 11) is 1.41. The van der Waals surface area contributed by atoms with Gasteiger partial charge >= 0.3 is 0 Å². The van der Waals surface area contributed by atoms with Gasteiger partial charge in [-0.15, -0.1) is 0 Å². The van der Waals surface area contributed by atoms with Crippen LogP contribution in [0.4, 0.5) is 0 Å². The fraction of sp³-hybridized carbons (Fsp3) is 0.250. The summed E-state index contributed by atoms with van der Waals surface area (Å²) in [4.78, 5) is 22.2. The summed E-state index contributed by atoms with van der Waals surface area (Å²) >= 11 is 1.41. The third-order valence-corrected chi connectivity index (χ3v) is 5.53. The van der Waals surface area contributed by atoms with E-state index in [0.717, 1.165) is 10.2 Å². The molecule has 150 valence electrons. The second-order valence-corrected chi connectivity index (χ2v) is 7.45. The van der Waals surface area contributed by atoms with E-state index in [1.807, 2.05) is 30.3 Å². The average Bonchev–Trinajstić information content (AvgIpc) is 3.44. The molecule has 8 nitrogen and oxygen atoms in total. The van der Waals surface area contributed by atoms with Crippen LogP contribution in [0.5, 0.6) is 0 Å². The number of aliphatic imine (C=N–C) groups is 1. The van der Waals surface area contributed by atoms with Crippen LogP contribution in [0.2, 0.25) is 0 Å². The summed E-state index contributed by atoms with van der Waals surface area (Å²) in [6.07, 6.45) is 0.650. The molecular weight excluding hydrogens is 392 g/mol. The Morgan fingerprint density at radius 2 is 2.21 bits per heavy atom. The van der Waals surface area contributed by atoms with Crippen molar-refractivity contribution in [2.45, 2.75) is 26.2 Å². The summed E-state index contributed by atoms with van der Waals surface area (Å²) < 4.78 is 12.6. The molecule has 4 aromatic rings. The van der Waals surface area contributed by atoms with Crippen LogP contribution in [0, 0.1) is 0 Å². The number of nitrogens with zero attached hydrogens (tertiary/aromatic N) is 3. The van der Waals surface area contributed by atoms with E-state index in [-0.39, 0.29) is 12.0 Å². The van der Waals surface area contributed by atoms with Gasteiger partial charge in [0.1, 0.15) is 5.76 Å². The van der Waals surface area contributed by atoms with E-state index < -0.39 is 6.29 Å². The van der Waals surface area contributed by atoms with Crippen molar-refractivity contribution in [3.63, 3.8) is 0 Å². The number of hydrogen-bond acceptors (Lipinski definition) is 7.